The lowest BCUT2D eigenvalue weighted by molar-refractivity contribution is -0.00546. The molecular weight excluding hydrogens is 392 g/mol. The molecule has 1 fully saturated rings. The predicted molar refractivity (Wildman–Crippen MR) is 119 cm³/mol. The van der Waals surface area contributed by atoms with E-state index in [0.29, 0.717) is 0 Å². The van der Waals surface area contributed by atoms with Gasteiger partial charge in [0.15, 0.2) is 0 Å². The Balaban J connectivity index is 1.54. The molecule has 3 aromatic heterocycles. The number of aromatic nitrogens is 5. The normalized spacial score (nSPS) is 19.1. The first kappa shape index (κ1) is 19.3. The monoisotopic (exact) mass is 416 g/mol. The van der Waals surface area contributed by atoms with Gasteiger partial charge in [0, 0.05) is 36.3 Å². The summed E-state index contributed by atoms with van der Waals surface area (Å²) in [6.45, 7) is 5.73. The molecule has 4 aromatic rings. The lowest BCUT2D eigenvalue weighted by atomic mass is 10.0. The van der Waals surface area contributed by atoms with Crippen molar-refractivity contribution in [1.82, 2.24) is 24.8 Å². The van der Waals surface area contributed by atoms with Gasteiger partial charge >= 0.3 is 0 Å². The highest BCUT2D eigenvalue weighted by Crippen LogP contribution is 2.30. The van der Waals surface area contributed by atoms with Crippen molar-refractivity contribution in [3.63, 3.8) is 0 Å². The molecule has 158 valence electrons. The van der Waals surface area contributed by atoms with Crippen LogP contribution in [0.15, 0.2) is 48.9 Å². The molecule has 0 bridgehead atoms. The number of benzene rings is 1. The first-order chi connectivity index (χ1) is 15.0. The van der Waals surface area contributed by atoms with Gasteiger partial charge in [-0.05, 0) is 43.7 Å². The second-order valence-corrected chi connectivity index (χ2v) is 7.97. The number of rotatable bonds is 3. The number of ether oxygens (including phenoxy) is 1. The van der Waals surface area contributed by atoms with Crippen molar-refractivity contribution >= 4 is 16.7 Å². The third-order valence-electron chi connectivity index (χ3n) is 5.51. The minimum Gasteiger partial charge on any atom is -0.372 e. The Kier molecular flexibility index (Phi) is 4.67. The summed E-state index contributed by atoms with van der Waals surface area (Å²) in [6.07, 6.45) is 3.63. The van der Waals surface area contributed by atoms with Crippen LogP contribution in [0, 0.1) is 5.41 Å². The van der Waals surface area contributed by atoms with Gasteiger partial charge in [0.05, 0.1) is 23.4 Å². The Labute approximate surface area is 179 Å². The first-order valence-electron chi connectivity index (χ1n) is 10.2. The Bertz CT molecular complexity index is 1300. The molecule has 4 heterocycles. The zero-order valence-electron chi connectivity index (χ0n) is 17.4. The van der Waals surface area contributed by atoms with E-state index in [1.807, 2.05) is 24.3 Å². The Morgan fingerprint density at radius 3 is 2.61 bits per heavy atom. The predicted octanol–water partition coefficient (Wildman–Crippen LogP) is 2.30. The van der Waals surface area contributed by atoms with Crippen molar-refractivity contribution in [1.29, 1.82) is 5.41 Å². The fraction of sp³-hybridized carbons (Fsp3) is 0.273. The van der Waals surface area contributed by atoms with E-state index in [9.17, 15) is 0 Å². The standard InChI is InChI=1S/C22H24N8O/c1-13-9-29(10-14(2)31-13)21-8-19(25-12-26-21)22-17-7-15(3-5-18(17)27-28-22)16-4-6-20(23)30(24)11-16/h3-8,11-14,23H,9-10,24H2,1-2H3,(H,27,28)/t13-,14+. The van der Waals surface area contributed by atoms with Crippen LogP contribution in [0.1, 0.15) is 13.8 Å². The molecule has 9 heteroatoms. The second-order valence-electron chi connectivity index (χ2n) is 7.97. The number of nitrogen functional groups attached to an aromatic ring is 1. The number of fused-ring (bicyclic) bond motifs is 1. The number of hydrogen-bond acceptors (Lipinski definition) is 7. The molecule has 1 saturated heterocycles. The van der Waals surface area contributed by atoms with Gasteiger partial charge in [0.25, 0.3) is 0 Å². The van der Waals surface area contributed by atoms with E-state index >= 15 is 0 Å². The summed E-state index contributed by atoms with van der Waals surface area (Å²) >= 11 is 0. The summed E-state index contributed by atoms with van der Waals surface area (Å²) in [6, 6.07) is 11.6. The van der Waals surface area contributed by atoms with Crippen LogP contribution in [0.25, 0.3) is 33.4 Å². The summed E-state index contributed by atoms with van der Waals surface area (Å²) in [4.78, 5) is 11.2. The van der Waals surface area contributed by atoms with E-state index in [1.165, 1.54) is 4.68 Å². The molecule has 1 aromatic carbocycles. The average molecular weight is 416 g/mol. The van der Waals surface area contributed by atoms with Crippen LogP contribution in [0.3, 0.4) is 0 Å². The highest BCUT2D eigenvalue weighted by atomic mass is 16.5. The number of nitrogens with one attached hydrogen (secondary N) is 2. The zero-order valence-corrected chi connectivity index (χ0v) is 17.4. The Morgan fingerprint density at radius 1 is 1.06 bits per heavy atom. The van der Waals surface area contributed by atoms with Gasteiger partial charge in [-0.1, -0.05) is 6.07 Å². The minimum absolute atomic E-state index is 0.149. The van der Waals surface area contributed by atoms with E-state index in [-0.39, 0.29) is 17.7 Å². The van der Waals surface area contributed by atoms with Gasteiger partial charge in [-0.3, -0.25) is 15.2 Å². The third kappa shape index (κ3) is 3.64. The number of H-pyrrole nitrogens is 1. The summed E-state index contributed by atoms with van der Waals surface area (Å²) in [7, 11) is 0. The van der Waals surface area contributed by atoms with Crippen molar-refractivity contribution in [3.8, 4) is 22.5 Å². The molecule has 0 saturated carbocycles. The fourth-order valence-electron chi connectivity index (χ4n) is 4.09. The van der Waals surface area contributed by atoms with Crippen LogP contribution in [0.4, 0.5) is 5.82 Å². The van der Waals surface area contributed by atoms with Gasteiger partial charge in [-0.15, -0.1) is 0 Å². The average Bonchev–Trinajstić information content (AvgIpc) is 3.18. The van der Waals surface area contributed by atoms with Crippen molar-refractivity contribution in [2.75, 3.05) is 23.8 Å². The van der Waals surface area contributed by atoms with E-state index in [0.717, 1.165) is 52.3 Å². The molecule has 9 nitrogen and oxygen atoms in total. The molecule has 0 radical (unpaired) electrons. The van der Waals surface area contributed by atoms with Crippen LogP contribution in [-0.2, 0) is 4.74 Å². The Morgan fingerprint density at radius 2 is 1.84 bits per heavy atom. The van der Waals surface area contributed by atoms with Crippen LogP contribution in [0.2, 0.25) is 0 Å². The molecule has 0 aliphatic carbocycles. The number of nitrogens with zero attached hydrogens (tertiary/aromatic N) is 5. The van der Waals surface area contributed by atoms with Crippen LogP contribution < -0.4 is 16.2 Å². The van der Waals surface area contributed by atoms with E-state index < -0.39 is 0 Å². The number of aromatic amines is 1. The largest absolute Gasteiger partial charge is 0.372 e. The molecule has 0 unspecified atom stereocenters. The van der Waals surface area contributed by atoms with Gasteiger partial charge in [0.2, 0.25) is 0 Å². The molecule has 1 aliphatic heterocycles. The molecule has 0 spiro atoms. The van der Waals surface area contributed by atoms with Gasteiger partial charge in [-0.25, -0.2) is 9.97 Å². The maximum atomic E-state index is 7.76. The van der Waals surface area contributed by atoms with Gasteiger partial charge < -0.3 is 15.5 Å². The minimum atomic E-state index is 0.149. The summed E-state index contributed by atoms with van der Waals surface area (Å²) in [5.74, 6) is 6.73. The SMILES string of the molecule is C[C@@H]1CN(c2cc(-c3n[nH]c4ccc(-c5ccc(=N)n(N)c5)cc34)ncn2)C[C@H](C)O1. The van der Waals surface area contributed by atoms with Crippen molar-refractivity contribution in [2.24, 2.45) is 0 Å². The van der Waals surface area contributed by atoms with Gasteiger partial charge in [-0.2, -0.15) is 5.10 Å². The number of nitrogens with two attached hydrogens (primary N) is 1. The Hall–Kier alpha value is -3.72. The molecule has 4 N–H and O–H groups in total. The van der Waals surface area contributed by atoms with Crippen LogP contribution in [0.5, 0.6) is 0 Å². The molecular formula is C22H24N8O. The number of pyridine rings is 1. The molecule has 1 aliphatic rings. The second kappa shape index (κ2) is 7.51. The van der Waals surface area contributed by atoms with E-state index in [2.05, 4.69) is 45.0 Å². The number of hydrogen-bond donors (Lipinski definition) is 3. The summed E-state index contributed by atoms with van der Waals surface area (Å²) in [5.41, 5.74) is 4.61. The lowest BCUT2D eigenvalue weighted by Crippen LogP contribution is -2.45. The van der Waals surface area contributed by atoms with E-state index in [4.69, 9.17) is 16.0 Å². The maximum absolute atomic E-state index is 7.76. The summed E-state index contributed by atoms with van der Waals surface area (Å²) < 4.78 is 7.15. The van der Waals surface area contributed by atoms with E-state index in [1.54, 1.807) is 18.6 Å². The topological polar surface area (TPSA) is 122 Å². The van der Waals surface area contributed by atoms with Crippen molar-refractivity contribution < 1.29 is 4.74 Å². The highest BCUT2D eigenvalue weighted by molar-refractivity contribution is 5.95. The highest BCUT2D eigenvalue weighted by Gasteiger charge is 2.24. The first-order valence-corrected chi connectivity index (χ1v) is 10.2. The molecule has 2 atom stereocenters. The lowest BCUT2D eigenvalue weighted by Gasteiger charge is -2.36. The molecule has 5 rings (SSSR count). The number of anilines is 1. The van der Waals surface area contributed by atoms with Gasteiger partial charge in [0.1, 0.15) is 23.3 Å². The van der Waals surface area contributed by atoms with Crippen molar-refractivity contribution in [2.45, 2.75) is 26.1 Å². The van der Waals surface area contributed by atoms with Crippen LogP contribution >= 0.6 is 0 Å². The molecule has 0 amide bonds. The zero-order chi connectivity index (χ0) is 21.5. The third-order valence-corrected chi connectivity index (χ3v) is 5.51. The smallest absolute Gasteiger partial charge is 0.143 e. The van der Waals surface area contributed by atoms with Crippen molar-refractivity contribution in [3.05, 3.63) is 54.4 Å². The maximum Gasteiger partial charge on any atom is 0.143 e. The molecule has 31 heavy (non-hydrogen) atoms. The fourth-order valence-corrected chi connectivity index (χ4v) is 4.09. The van der Waals surface area contributed by atoms with Crippen LogP contribution in [-0.4, -0.2) is 50.1 Å². The quantitative estimate of drug-likeness (QED) is 0.441. The summed E-state index contributed by atoms with van der Waals surface area (Å²) in [5, 5.41) is 16.3. The number of morpholine rings is 1.